The number of carbonyl (C=O) groups excluding carboxylic acids is 3. The highest BCUT2D eigenvalue weighted by Gasteiger charge is 2.28. The Labute approximate surface area is 487 Å². The van der Waals surface area contributed by atoms with Crippen molar-refractivity contribution in [2.24, 2.45) is 0 Å². The van der Waals surface area contributed by atoms with Gasteiger partial charge in [0.15, 0.2) is 6.10 Å². The first-order chi connectivity index (χ1) is 39.2. The van der Waals surface area contributed by atoms with Crippen LogP contribution in [0.15, 0.2) is 122 Å². The second-order valence-corrected chi connectivity index (χ2v) is 21.9. The standard InChI is InChI=1S/C68H113O11P/c1-4-7-10-13-16-19-22-25-28-31-32-35-36-39-42-45-48-51-54-57-66(70)75-61-65(79-68(72)59-56-53-50-47-44-41-38-34-30-27-24-21-18-15-12-9-6-3)63-77-80(73,74)76-62-64(60-69)78-67(71)58-55-52-49-46-43-40-37-33-29-26-23-20-17-14-11-8-5-2/h7,9-10,12,16,18-19,21,25,27-28,30,32,35,38-39,41-42,48,51,64-65,69H,4-6,8,11,13-15,17,20,22-24,26,29,31,33-34,36-37,40,43-47,49-50,52-63H2,1-3H3,(H,73,74)/b10-7-,12-9-,19-16-,21-18-,28-25-,30-27-,35-32-,41-38-,42-39-,51-48-. The van der Waals surface area contributed by atoms with E-state index in [9.17, 15) is 28.9 Å². The van der Waals surface area contributed by atoms with Gasteiger partial charge < -0.3 is 24.2 Å². The third-order valence-corrected chi connectivity index (χ3v) is 13.8. The van der Waals surface area contributed by atoms with Gasteiger partial charge in [-0.05, 0) is 96.3 Å². The minimum atomic E-state index is -4.78. The highest BCUT2D eigenvalue weighted by atomic mass is 31.2. The number of unbranched alkanes of at least 4 members (excludes halogenated alkanes) is 20. The van der Waals surface area contributed by atoms with E-state index in [1.165, 1.54) is 83.5 Å². The molecule has 0 aliphatic rings. The van der Waals surface area contributed by atoms with Crippen molar-refractivity contribution in [2.75, 3.05) is 26.4 Å². The zero-order valence-corrected chi connectivity index (χ0v) is 51.4. The average molecular weight is 1140 g/mol. The third-order valence-electron chi connectivity index (χ3n) is 12.9. The molecule has 3 unspecified atom stereocenters. The van der Waals surface area contributed by atoms with Crippen molar-refractivity contribution in [2.45, 2.75) is 264 Å². The number of rotatable bonds is 57. The van der Waals surface area contributed by atoms with E-state index >= 15 is 0 Å². The quantitative estimate of drug-likeness (QED) is 0.0197. The van der Waals surface area contributed by atoms with Crippen molar-refractivity contribution in [3.8, 4) is 0 Å². The molecule has 0 saturated carbocycles. The molecule has 0 fully saturated rings. The van der Waals surface area contributed by atoms with Crippen LogP contribution >= 0.6 is 7.82 Å². The van der Waals surface area contributed by atoms with Crippen LogP contribution in [0.25, 0.3) is 0 Å². The number of esters is 3. The highest BCUT2D eigenvalue weighted by Crippen LogP contribution is 2.43. The van der Waals surface area contributed by atoms with Gasteiger partial charge in [0.05, 0.1) is 19.8 Å². The number of aliphatic hydroxyl groups is 1. The summed E-state index contributed by atoms with van der Waals surface area (Å²) >= 11 is 0. The van der Waals surface area contributed by atoms with Crippen LogP contribution in [0, 0.1) is 0 Å². The maximum Gasteiger partial charge on any atom is 0.472 e. The largest absolute Gasteiger partial charge is 0.472 e. The van der Waals surface area contributed by atoms with Crippen molar-refractivity contribution < 1.29 is 52.2 Å². The number of hydrogen-bond donors (Lipinski definition) is 2. The zero-order valence-electron chi connectivity index (χ0n) is 50.5. The molecule has 0 aliphatic carbocycles. The van der Waals surface area contributed by atoms with E-state index < -0.39 is 57.8 Å². The number of allylic oxidation sites excluding steroid dienone is 20. The Morgan fingerprint density at radius 3 is 1.05 bits per heavy atom. The number of carbonyl (C=O) groups is 3. The van der Waals surface area contributed by atoms with E-state index in [0.29, 0.717) is 19.3 Å². The van der Waals surface area contributed by atoms with Crippen molar-refractivity contribution >= 4 is 25.7 Å². The Hall–Kier alpha value is -4.12. The first kappa shape index (κ1) is 75.9. The fourth-order valence-corrected chi connectivity index (χ4v) is 8.98. The molecule has 0 radical (unpaired) electrons. The van der Waals surface area contributed by atoms with Gasteiger partial charge in [-0.3, -0.25) is 23.4 Å². The summed E-state index contributed by atoms with van der Waals surface area (Å²) in [5, 5.41) is 9.85. The third kappa shape index (κ3) is 58.5. The minimum absolute atomic E-state index is 0.0903. The molecule has 80 heavy (non-hydrogen) atoms. The van der Waals surface area contributed by atoms with Gasteiger partial charge in [0.1, 0.15) is 12.7 Å². The minimum Gasteiger partial charge on any atom is -0.462 e. The second kappa shape index (κ2) is 61.0. The summed E-state index contributed by atoms with van der Waals surface area (Å²) in [5.74, 6) is -1.60. The number of ether oxygens (including phenoxy) is 3. The number of phosphoric acid groups is 1. The van der Waals surface area contributed by atoms with E-state index in [0.717, 1.165) is 109 Å². The normalized spacial score (nSPS) is 14.1. The van der Waals surface area contributed by atoms with E-state index in [-0.39, 0.29) is 25.9 Å². The fraction of sp³-hybridized carbons (Fsp3) is 0.662. The molecule has 0 aromatic carbocycles. The SMILES string of the molecule is CC/C=C\C/C=C\C/C=C\C/C=C\C/C=C\C/C=C\CCC(=O)OCC(COP(=O)(O)OCC(CO)OC(=O)CCCCCCCCCCCCCCCCCCC)OC(=O)CCCCCC/C=C\C/C=C\C/C=C\C/C=C\CC. The highest BCUT2D eigenvalue weighted by molar-refractivity contribution is 7.47. The van der Waals surface area contributed by atoms with Crippen LogP contribution in [0.4, 0.5) is 0 Å². The molecule has 0 heterocycles. The van der Waals surface area contributed by atoms with Gasteiger partial charge in [0.2, 0.25) is 0 Å². The summed E-state index contributed by atoms with van der Waals surface area (Å²) in [6.07, 6.45) is 75.9. The lowest BCUT2D eigenvalue weighted by molar-refractivity contribution is -0.161. The first-order valence-electron chi connectivity index (χ1n) is 31.4. The van der Waals surface area contributed by atoms with Gasteiger partial charge in [-0.2, -0.15) is 0 Å². The molecule has 0 aromatic rings. The summed E-state index contributed by atoms with van der Waals surface area (Å²) in [6.45, 7) is 4.33. The van der Waals surface area contributed by atoms with Gasteiger partial charge >= 0.3 is 25.7 Å². The van der Waals surface area contributed by atoms with E-state index in [4.69, 9.17) is 23.3 Å². The van der Waals surface area contributed by atoms with Crippen LogP contribution in [-0.2, 0) is 42.2 Å². The molecule has 0 bridgehead atoms. The number of aliphatic hydroxyl groups excluding tert-OH is 1. The Bertz CT molecular complexity index is 1800. The summed E-state index contributed by atoms with van der Waals surface area (Å²) in [6, 6.07) is 0. The Balaban J connectivity index is 4.83. The molecular formula is C68H113O11P. The zero-order chi connectivity index (χ0) is 58.3. The van der Waals surface area contributed by atoms with Gasteiger partial charge in [0.25, 0.3) is 0 Å². The Kier molecular flexibility index (Phi) is 57.8. The summed E-state index contributed by atoms with van der Waals surface area (Å²) < 4.78 is 39.5. The molecular weight excluding hydrogens is 1020 g/mol. The second-order valence-electron chi connectivity index (χ2n) is 20.5. The predicted octanol–water partition coefficient (Wildman–Crippen LogP) is 19.1. The van der Waals surface area contributed by atoms with Crippen LogP contribution in [-0.4, -0.2) is 66.5 Å². The molecule has 0 amide bonds. The Morgan fingerprint density at radius 1 is 0.362 bits per heavy atom. The van der Waals surface area contributed by atoms with Crippen molar-refractivity contribution in [3.63, 3.8) is 0 Å². The smallest absolute Gasteiger partial charge is 0.462 e. The Morgan fingerprint density at radius 2 is 0.675 bits per heavy atom. The molecule has 0 aliphatic heterocycles. The lowest BCUT2D eigenvalue weighted by Crippen LogP contribution is -2.30. The lowest BCUT2D eigenvalue weighted by atomic mass is 10.0. The number of hydrogen-bond acceptors (Lipinski definition) is 10. The van der Waals surface area contributed by atoms with E-state index in [1.54, 1.807) is 0 Å². The van der Waals surface area contributed by atoms with Gasteiger partial charge in [0, 0.05) is 19.3 Å². The van der Waals surface area contributed by atoms with Crippen LogP contribution in [0.2, 0.25) is 0 Å². The van der Waals surface area contributed by atoms with Crippen LogP contribution in [0.1, 0.15) is 252 Å². The van der Waals surface area contributed by atoms with Crippen molar-refractivity contribution in [3.05, 3.63) is 122 Å². The lowest BCUT2D eigenvalue weighted by Gasteiger charge is -2.21. The molecule has 3 atom stereocenters. The molecule has 0 spiro atoms. The molecule has 11 nitrogen and oxygen atoms in total. The van der Waals surface area contributed by atoms with E-state index in [2.05, 4.69) is 130 Å². The van der Waals surface area contributed by atoms with Crippen molar-refractivity contribution in [1.29, 1.82) is 0 Å². The summed E-state index contributed by atoms with van der Waals surface area (Å²) in [7, 11) is -4.78. The monoisotopic (exact) mass is 1140 g/mol. The van der Waals surface area contributed by atoms with Crippen LogP contribution < -0.4 is 0 Å². The summed E-state index contributed by atoms with van der Waals surface area (Å²) in [4.78, 5) is 48.7. The molecule has 0 rings (SSSR count). The molecule has 456 valence electrons. The van der Waals surface area contributed by atoms with Gasteiger partial charge in [-0.15, -0.1) is 0 Å². The van der Waals surface area contributed by atoms with E-state index in [1.807, 2.05) is 12.2 Å². The first-order valence-corrected chi connectivity index (χ1v) is 32.9. The molecule has 2 N–H and O–H groups in total. The molecule has 0 aromatic heterocycles. The predicted molar refractivity (Wildman–Crippen MR) is 334 cm³/mol. The topological polar surface area (TPSA) is 155 Å². The molecule has 0 saturated heterocycles. The maximum atomic E-state index is 12.9. The molecule has 12 heteroatoms. The summed E-state index contributed by atoms with van der Waals surface area (Å²) in [5.41, 5.74) is 0. The average Bonchev–Trinajstić information content (AvgIpc) is 3.45. The van der Waals surface area contributed by atoms with Crippen LogP contribution in [0.3, 0.4) is 0 Å². The van der Waals surface area contributed by atoms with Gasteiger partial charge in [-0.25, -0.2) is 4.57 Å². The van der Waals surface area contributed by atoms with Gasteiger partial charge in [-0.1, -0.05) is 258 Å². The maximum absolute atomic E-state index is 12.9. The van der Waals surface area contributed by atoms with Crippen molar-refractivity contribution in [1.82, 2.24) is 0 Å². The van der Waals surface area contributed by atoms with Crippen LogP contribution in [0.5, 0.6) is 0 Å². The fourth-order valence-electron chi connectivity index (χ4n) is 8.20. The number of phosphoric ester groups is 1.